The average molecular weight is 226 g/mol. The van der Waals surface area contributed by atoms with Gasteiger partial charge in [0.25, 0.3) is 0 Å². The van der Waals surface area contributed by atoms with E-state index in [1.807, 2.05) is 7.11 Å². The number of hydrogen-bond donors (Lipinski definition) is 1. The van der Waals surface area contributed by atoms with Crippen LogP contribution >= 0.6 is 0 Å². The van der Waals surface area contributed by atoms with Gasteiger partial charge >= 0.3 is 0 Å². The Morgan fingerprint density at radius 1 is 1.31 bits per heavy atom. The van der Waals surface area contributed by atoms with E-state index in [0.29, 0.717) is 0 Å². The molecule has 0 aliphatic carbocycles. The van der Waals surface area contributed by atoms with Gasteiger partial charge in [0.1, 0.15) is 0 Å². The summed E-state index contributed by atoms with van der Waals surface area (Å²) in [6.07, 6.45) is 5.52. The van der Waals surface area contributed by atoms with Gasteiger partial charge < -0.3 is 15.0 Å². The van der Waals surface area contributed by atoms with Gasteiger partial charge in [-0.3, -0.25) is 0 Å². The van der Waals surface area contributed by atoms with E-state index in [0.717, 1.165) is 18.4 Å². The van der Waals surface area contributed by atoms with Crippen LogP contribution in [0.15, 0.2) is 0 Å². The molecule has 3 nitrogen and oxygen atoms in total. The first-order valence-electron chi connectivity index (χ1n) is 6.80. The quantitative estimate of drug-likeness (QED) is 0.740. The smallest absolute Gasteiger partial charge is 0.0503 e. The van der Waals surface area contributed by atoms with E-state index in [-0.39, 0.29) is 0 Å². The topological polar surface area (TPSA) is 24.5 Å². The van der Waals surface area contributed by atoms with Gasteiger partial charge in [0, 0.05) is 13.7 Å². The Kier molecular flexibility index (Phi) is 5.07. The molecule has 2 atom stereocenters. The number of likely N-dealkylation sites (tertiary alicyclic amines) is 1. The lowest BCUT2D eigenvalue weighted by Crippen LogP contribution is -2.23. The molecule has 0 amide bonds. The van der Waals surface area contributed by atoms with Crippen molar-refractivity contribution in [2.75, 3.05) is 46.4 Å². The number of methoxy groups -OCH3 is 1. The SMILES string of the molecule is COCC1CCN(CCCC2CCNC2)C1. The van der Waals surface area contributed by atoms with Gasteiger partial charge in [-0.15, -0.1) is 0 Å². The standard InChI is InChI=1S/C13H26N2O/c1-16-11-13-5-8-15(10-13)7-2-3-12-4-6-14-9-12/h12-14H,2-11H2,1H3. The van der Waals surface area contributed by atoms with Gasteiger partial charge in [0.15, 0.2) is 0 Å². The second-order valence-electron chi connectivity index (χ2n) is 5.41. The summed E-state index contributed by atoms with van der Waals surface area (Å²) in [5.74, 6) is 1.75. The molecule has 2 rings (SSSR count). The first kappa shape index (κ1) is 12.3. The van der Waals surface area contributed by atoms with Crippen molar-refractivity contribution in [2.45, 2.75) is 25.7 Å². The summed E-state index contributed by atoms with van der Waals surface area (Å²) in [6, 6.07) is 0. The summed E-state index contributed by atoms with van der Waals surface area (Å²) in [4.78, 5) is 2.62. The van der Waals surface area contributed by atoms with Gasteiger partial charge in [0.2, 0.25) is 0 Å². The Hall–Kier alpha value is -0.120. The van der Waals surface area contributed by atoms with E-state index < -0.39 is 0 Å². The second-order valence-corrected chi connectivity index (χ2v) is 5.41. The second kappa shape index (κ2) is 6.58. The molecule has 0 aromatic heterocycles. The summed E-state index contributed by atoms with van der Waals surface area (Å²) in [6.45, 7) is 7.30. The molecular weight excluding hydrogens is 200 g/mol. The van der Waals surface area contributed by atoms with E-state index in [4.69, 9.17) is 4.74 Å². The number of nitrogens with one attached hydrogen (secondary N) is 1. The van der Waals surface area contributed by atoms with Crippen LogP contribution in [-0.4, -0.2) is 51.3 Å². The van der Waals surface area contributed by atoms with Gasteiger partial charge in [0.05, 0.1) is 6.61 Å². The highest BCUT2D eigenvalue weighted by Crippen LogP contribution is 2.19. The summed E-state index contributed by atoms with van der Waals surface area (Å²) in [7, 11) is 1.82. The Bertz CT molecular complexity index is 192. The first-order valence-corrected chi connectivity index (χ1v) is 6.80. The fraction of sp³-hybridized carbons (Fsp3) is 1.00. The highest BCUT2D eigenvalue weighted by molar-refractivity contribution is 4.76. The molecule has 2 aliphatic heterocycles. The molecular formula is C13H26N2O. The normalized spacial score (nSPS) is 31.3. The van der Waals surface area contributed by atoms with E-state index in [2.05, 4.69) is 10.2 Å². The Morgan fingerprint density at radius 2 is 2.25 bits per heavy atom. The van der Waals surface area contributed by atoms with Crippen LogP contribution in [0.1, 0.15) is 25.7 Å². The van der Waals surface area contributed by atoms with Crippen LogP contribution in [0, 0.1) is 11.8 Å². The van der Waals surface area contributed by atoms with Crippen molar-refractivity contribution in [3.05, 3.63) is 0 Å². The number of ether oxygens (including phenoxy) is 1. The summed E-state index contributed by atoms with van der Waals surface area (Å²) < 4.78 is 5.22. The minimum atomic E-state index is 0.790. The van der Waals surface area contributed by atoms with Gasteiger partial charge in [-0.2, -0.15) is 0 Å². The zero-order chi connectivity index (χ0) is 11.2. The molecule has 0 aromatic rings. The van der Waals surface area contributed by atoms with Crippen LogP contribution in [0.25, 0.3) is 0 Å². The van der Waals surface area contributed by atoms with Crippen LogP contribution < -0.4 is 5.32 Å². The molecule has 94 valence electrons. The molecule has 16 heavy (non-hydrogen) atoms. The molecule has 0 bridgehead atoms. The minimum Gasteiger partial charge on any atom is -0.384 e. The monoisotopic (exact) mass is 226 g/mol. The predicted octanol–water partition coefficient (Wildman–Crippen LogP) is 1.34. The first-order chi connectivity index (χ1) is 7.88. The summed E-state index contributed by atoms with van der Waals surface area (Å²) in [5, 5.41) is 3.44. The fourth-order valence-electron chi connectivity index (χ4n) is 3.05. The summed E-state index contributed by atoms with van der Waals surface area (Å²) >= 11 is 0. The Balaban J connectivity index is 1.53. The number of nitrogens with zero attached hydrogens (tertiary/aromatic N) is 1. The maximum atomic E-state index is 5.22. The largest absolute Gasteiger partial charge is 0.384 e. The maximum absolute atomic E-state index is 5.22. The van der Waals surface area contributed by atoms with Crippen molar-refractivity contribution in [3.8, 4) is 0 Å². The molecule has 0 spiro atoms. The van der Waals surface area contributed by atoms with Crippen molar-refractivity contribution in [3.63, 3.8) is 0 Å². The van der Waals surface area contributed by atoms with Crippen molar-refractivity contribution < 1.29 is 4.74 Å². The lowest BCUT2D eigenvalue weighted by molar-refractivity contribution is 0.153. The van der Waals surface area contributed by atoms with Gasteiger partial charge in [-0.05, 0) is 63.7 Å². The van der Waals surface area contributed by atoms with Crippen LogP contribution in [0.3, 0.4) is 0 Å². The van der Waals surface area contributed by atoms with Crippen molar-refractivity contribution in [2.24, 2.45) is 11.8 Å². The lowest BCUT2D eigenvalue weighted by atomic mass is 10.0. The van der Waals surface area contributed by atoms with Crippen LogP contribution in [-0.2, 0) is 4.74 Å². The molecule has 0 saturated carbocycles. The van der Waals surface area contributed by atoms with Gasteiger partial charge in [-0.1, -0.05) is 0 Å². The third kappa shape index (κ3) is 3.72. The molecule has 1 N–H and O–H groups in total. The van der Waals surface area contributed by atoms with Crippen LogP contribution in [0.5, 0.6) is 0 Å². The Labute approximate surface area is 99.5 Å². The molecule has 2 unspecified atom stereocenters. The highest BCUT2D eigenvalue weighted by atomic mass is 16.5. The van der Waals surface area contributed by atoms with E-state index >= 15 is 0 Å². The zero-order valence-corrected chi connectivity index (χ0v) is 10.6. The predicted molar refractivity (Wildman–Crippen MR) is 66.6 cm³/mol. The zero-order valence-electron chi connectivity index (χ0n) is 10.6. The van der Waals surface area contributed by atoms with Crippen molar-refractivity contribution in [1.82, 2.24) is 10.2 Å². The molecule has 2 saturated heterocycles. The van der Waals surface area contributed by atoms with Crippen molar-refractivity contribution >= 4 is 0 Å². The van der Waals surface area contributed by atoms with E-state index in [1.165, 1.54) is 58.4 Å². The fourth-order valence-corrected chi connectivity index (χ4v) is 3.05. The van der Waals surface area contributed by atoms with E-state index in [9.17, 15) is 0 Å². The third-order valence-electron chi connectivity index (χ3n) is 4.02. The highest BCUT2D eigenvalue weighted by Gasteiger charge is 2.22. The molecule has 2 aliphatic rings. The molecule has 3 heteroatoms. The van der Waals surface area contributed by atoms with Crippen LogP contribution in [0.4, 0.5) is 0 Å². The maximum Gasteiger partial charge on any atom is 0.0503 e. The molecule has 2 heterocycles. The lowest BCUT2D eigenvalue weighted by Gasteiger charge is -2.16. The van der Waals surface area contributed by atoms with Crippen LogP contribution in [0.2, 0.25) is 0 Å². The molecule has 0 aromatic carbocycles. The van der Waals surface area contributed by atoms with Crippen molar-refractivity contribution in [1.29, 1.82) is 0 Å². The number of rotatable bonds is 6. The van der Waals surface area contributed by atoms with Gasteiger partial charge in [-0.25, -0.2) is 0 Å². The average Bonchev–Trinajstić information content (AvgIpc) is 2.90. The number of hydrogen-bond acceptors (Lipinski definition) is 3. The summed E-state index contributed by atoms with van der Waals surface area (Å²) in [5.41, 5.74) is 0. The Morgan fingerprint density at radius 3 is 3.00 bits per heavy atom. The molecule has 2 fully saturated rings. The molecule has 0 radical (unpaired) electrons. The minimum absolute atomic E-state index is 0.790. The van der Waals surface area contributed by atoms with E-state index in [1.54, 1.807) is 0 Å². The third-order valence-corrected chi connectivity index (χ3v) is 4.02.